The highest BCUT2D eigenvalue weighted by molar-refractivity contribution is 5.14. The van der Waals surface area contributed by atoms with Crippen LogP contribution in [0.15, 0.2) is 0 Å². The van der Waals surface area contributed by atoms with Gasteiger partial charge in [0, 0.05) is 36.8 Å². The van der Waals surface area contributed by atoms with Gasteiger partial charge < -0.3 is 0 Å². The fourth-order valence-electron chi connectivity index (χ4n) is 3.30. The van der Waals surface area contributed by atoms with Crippen molar-refractivity contribution in [2.45, 2.75) is 63.6 Å². The van der Waals surface area contributed by atoms with Gasteiger partial charge in [-0.15, -0.1) is 0 Å². The maximum absolute atomic E-state index is 2.82. The Morgan fingerprint density at radius 2 is 1.80 bits per heavy atom. The summed E-state index contributed by atoms with van der Waals surface area (Å²) in [5.41, 5.74) is 1.00. The minimum atomic E-state index is 0.381. The van der Waals surface area contributed by atoms with Gasteiger partial charge in [-0.25, -0.2) is 0 Å². The summed E-state index contributed by atoms with van der Waals surface area (Å²) in [5, 5.41) is 0. The minimum absolute atomic E-state index is 0.381. The normalized spacial score (nSPS) is 32.2. The molecule has 3 rings (SSSR count). The molecule has 2 nitrogen and oxygen atoms in total. The summed E-state index contributed by atoms with van der Waals surface area (Å²) < 4.78 is 0. The van der Waals surface area contributed by atoms with Crippen LogP contribution in [-0.4, -0.2) is 46.6 Å². The number of hydrogen-bond donors (Lipinski definition) is 0. The molecule has 3 aliphatic rings. The lowest BCUT2D eigenvalue weighted by Crippen LogP contribution is -2.81. The van der Waals surface area contributed by atoms with Crippen LogP contribution in [0, 0.1) is 0 Å². The van der Waals surface area contributed by atoms with Crippen molar-refractivity contribution in [1.82, 2.24) is 9.80 Å². The number of likely N-dealkylation sites (tertiary alicyclic amines) is 2. The Labute approximate surface area is 93.6 Å². The first-order valence-electron chi connectivity index (χ1n) is 6.53. The molecule has 2 saturated heterocycles. The Bertz CT molecular complexity index is 256. The van der Waals surface area contributed by atoms with E-state index in [4.69, 9.17) is 0 Å². The third-order valence-corrected chi connectivity index (χ3v) is 4.86. The van der Waals surface area contributed by atoms with Crippen LogP contribution in [0.1, 0.15) is 46.5 Å². The zero-order valence-corrected chi connectivity index (χ0v) is 10.4. The van der Waals surface area contributed by atoms with E-state index in [9.17, 15) is 0 Å². The van der Waals surface area contributed by atoms with Crippen LogP contribution in [0.25, 0.3) is 0 Å². The molecule has 86 valence electrons. The molecule has 15 heavy (non-hydrogen) atoms. The van der Waals surface area contributed by atoms with Gasteiger partial charge in [0.15, 0.2) is 0 Å². The monoisotopic (exact) mass is 208 g/mol. The molecular formula is C13H24N2. The van der Waals surface area contributed by atoms with Crippen molar-refractivity contribution >= 4 is 0 Å². The van der Waals surface area contributed by atoms with Gasteiger partial charge in [0.25, 0.3) is 0 Å². The Hall–Kier alpha value is -0.0800. The molecule has 1 spiro atoms. The van der Waals surface area contributed by atoms with Crippen LogP contribution in [-0.2, 0) is 0 Å². The topological polar surface area (TPSA) is 6.48 Å². The quantitative estimate of drug-likeness (QED) is 0.651. The van der Waals surface area contributed by atoms with Gasteiger partial charge in [-0.2, -0.15) is 0 Å². The molecule has 0 radical (unpaired) electrons. The van der Waals surface area contributed by atoms with Crippen molar-refractivity contribution in [3.8, 4) is 0 Å². The SMILES string of the molecule is CC(C)(C)N1CC2(CCN2C2CCC2)C1. The summed E-state index contributed by atoms with van der Waals surface area (Å²) in [4.78, 5) is 5.45. The molecule has 2 heterocycles. The molecule has 0 aromatic carbocycles. The average Bonchev–Trinajstić information content (AvgIpc) is 1.88. The van der Waals surface area contributed by atoms with E-state index < -0.39 is 0 Å². The summed E-state index contributed by atoms with van der Waals surface area (Å²) in [5.74, 6) is 0. The maximum Gasteiger partial charge on any atom is 0.0478 e. The van der Waals surface area contributed by atoms with Gasteiger partial charge in [0.1, 0.15) is 0 Å². The number of nitrogens with zero attached hydrogens (tertiary/aromatic N) is 2. The molecule has 0 unspecified atom stereocenters. The Balaban J connectivity index is 1.60. The first-order valence-corrected chi connectivity index (χ1v) is 6.53. The molecule has 0 atom stereocenters. The number of rotatable bonds is 1. The van der Waals surface area contributed by atoms with Crippen molar-refractivity contribution in [2.24, 2.45) is 0 Å². The van der Waals surface area contributed by atoms with Crippen LogP contribution in [0.2, 0.25) is 0 Å². The summed E-state index contributed by atoms with van der Waals surface area (Å²) in [6.45, 7) is 11.0. The summed E-state index contributed by atoms with van der Waals surface area (Å²) in [7, 11) is 0. The lowest BCUT2D eigenvalue weighted by Gasteiger charge is -2.68. The smallest absolute Gasteiger partial charge is 0.0478 e. The van der Waals surface area contributed by atoms with E-state index in [1.807, 2.05) is 0 Å². The third-order valence-electron chi connectivity index (χ3n) is 4.86. The second kappa shape index (κ2) is 2.98. The molecule has 2 aliphatic heterocycles. The molecule has 1 saturated carbocycles. The van der Waals surface area contributed by atoms with E-state index in [1.54, 1.807) is 0 Å². The van der Waals surface area contributed by atoms with E-state index in [1.165, 1.54) is 45.3 Å². The Morgan fingerprint density at radius 1 is 1.13 bits per heavy atom. The van der Waals surface area contributed by atoms with E-state index in [2.05, 4.69) is 30.6 Å². The van der Waals surface area contributed by atoms with Crippen molar-refractivity contribution in [2.75, 3.05) is 19.6 Å². The molecular weight excluding hydrogens is 184 g/mol. The Kier molecular flexibility index (Phi) is 2.01. The van der Waals surface area contributed by atoms with E-state index >= 15 is 0 Å². The van der Waals surface area contributed by atoms with E-state index in [-0.39, 0.29) is 0 Å². The van der Waals surface area contributed by atoms with Crippen molar-refractivity contribution in [1.29, 1.82) is 0 Å². The van der Waals surface area contributed by atoms with Crippen LogP contribution >= 0.6 is 0 Å². The largest absolute Gasteiger partial charge is 0.295 e. The van der Waals surface area contributed by atoms with Crippen molar-refractivity contribution < 1.29 is 0 Å². The fraction of sp³-hybridized carbons (Fsp3) is 1.00. The van der Waals surface area contributed by atoms with Gasteiger partial charge >= 0.3 is 0 Å². The molecule has 3 fully saturated rings. The molecule has 0 aromatic rings. The van der Waals surface area contributed by atoms with Crippen LogP contribution in [0.3, 0.4) is 0 Å². The van der Waals surface area contributed by atoms with Gasteiger partial charge in [-0.1, -0.05) is 6.42 Å². The maximum atomic E-state index is 2.82. The van der Waals surface area contributed by atoms with Crippen LogP contribution in [0.5, 0.6) is 0 Å². The zero-order valence-electron chi connectivity index (χ0n) is 10.4. The summed E-state index contributed by atoms with van der Waals surface area (Å²) in [6, 6.07) is 0.959. The standard InChI is InChI=1S/C13H24N2/c1-12(2,3)14-9-13(10-14)7-8-15(13)11-5-4-6-11/h11H,4-10H2,1-3H3. The van der Waals surface area contributed by atoms with Crippen LogP contribution < -0.4 is 0 Å². The summed E-state index contributed by atoms with van der Waals surface area (Å²) in [6.07, 6.45) is 5.87. The van der Waals surface area contributed by atoms with E-state index in [0.717, 1.165) is 6.04 Å². The molecule has 0 bridgehead atoms. The van der Waals surface area contributed by atoms with Gasteiger partial charge in [0.2, 0.25) is 0 Å². The molecule has 1 aliphatic carbocycles. The molecule has 0 N–H and O–H groups in total. The van der Waals surface area contributed by atoms with Gasteiger partial charge in [-0.05, 0) is 40.0 Å². The predicted molar refractivity (Wildman–Crippen MR) is 63.0 cm³/mol. The third kappa shape index (κ3) is 1.38. The average molecular weight is 208 g/mol. The molecule has 0 aromatic heterocycles. The highest BCUT2D eigenvalue weighted by atomic mass is 15.4. The Morgan fingerprint density at radius 3 is 2.13 bits per heavy atom. The highest BCUT2D eigenvalue weighted by Crippen LogP contribution is 2.46. The second-order valence-corrected chi connectivity index (χ2v) is 6.78. The molecule has 0 amide bonds. The lowest BCUT2D eigenvalue weighted by molar-refractivity contribution is -0.177. The van der Waals surface area contributed by atoms with Gasteiger partial charge in [0.05, 0.1) is 0 Å². The molecule has 2 heteroatoms. The highest BCUT2D eigenvalue weighted by Gasteiger charge is 2.57. The van der Waals surface area contributed by atoms with Crippen LogP contribution in [0.4, 0.5) is 0 Å². The number of hydrogen-bond acceptors (Lipinski definition) is 2. The van der Waals surface area contributed by atoms with Crippen molar-refractivity contribution in [3.63, 3.8) is 0 Å². The zero-order chi connectivity index (χ0) is 10.7. The van der Waals surface area contributed by atoms with Crippen molar-refractivity contribution in [3.05, 3.63) is 0 Å². The minimum Gasteiger partial charge on any atom is -0.295 e. The predicted octanol–water partition coefficient (Wildman–Crippen LogP) is 2.10. The fourth-order valence-corrected chi connectivity index (χ4v) is 3.30. The summed E-state index contributed by atoms with van der Waals surface area (Å²) >= 11 is 0. The lowest BCUT2D eigenvalue weighted by atomic mass is 9.71. The first-order chi connectivity index (χ1) is 7.01. The van der Waals surface area contributed by atoms with Gasteiger partial charge in [-0.3, -0.25) is 9.80 Å². The second-order valence-electron chi connectivity index (χ2n) is 6.78. The first kappa shape index (κ1) is 10.1. The van der Waals surface area contributed by atoms with E-state index in [0.29, 0.717) is 11.1 Å².